The number of nitrogens with two attached hydrogens (primary N) is 1. The molecule has 0 saturated heterocycles. The van der Waals surface area contributed by atoms with Crippen LogP contribution in [0, 0.1) is 0 Å². The highest BCUT2D eigenvalue weighted by atomic mass is 15.3. The summed E-state index contributed by atoms with van der Waals surface area (Å²) < 4.78 is 1.74. The number of hydrogen-bond donors (Lipinski definition) is 1. The van der Waals surface area contributed by atoms with Crippen molar-refractivity contribution in [3.8, 4) is 0 Å². The molecule has 0 spiro atoms. The van der Waals surface area contributed by atoms with Gasteiger partial charge in [-0.15, -0.1) is 0 Å². The van der Waals surface area contributed by atoms with E-state index in [0.717, 1.165) is 16.7 Å². The molecular formula is C10H15N5. The summed E-state index contributed by atoms with van der Waals surface area (Å²) in [6.07, 6.45) is 1.46. The van der Waals surface area contributed by atoms with Gasteiger partial charge in [-0.05, 0) is 0 Å². The Balaban J connectivity index is 2.88. The van der Waals surface area contributed by atoms with E-state index in [-0.39, 0.29) is 5.41 Å². The van der Waals surface area contributed by atoms with E-state index in [1.807, 2.05) is 7.05 Å². The molecule has 80 valence electrons. The smallest absolute Gasteiger partial charge is 0.163 e. The Morgan fingerprint density at radius 1 is 1.27 bits per heavy atom. The molecule has 0 fully saturated rings. The van der Waals surface area contributed by atoms with E-state index in [0.29, 0.717) is 5.82 Å². The molecule has 0 radical (unpaired) electrons. The van der Waals surface area contributed by atoms with E-state index in [9.17, 15) is 0 Å². The maximum absolute atomic E-state index is 5.86. The van der Waals surface area contributed by atoms with E-state index in [1.54, 1.807) is 4.68 Å². The van der Waals surface area contributed by atoms with Crippen molar-refractivity contribution >= 4 is 16.9 Å². The zero-order valence-corrected chi connectivity index (χ0v) is 9.44. The summed E-state index contributed by atoms with van der Waals surface area (Å²) >= 11 is 0. The SMILES string of the molecule is Cn1nc(C(C)(C)C)c2c(N)ncnc21. The van der Waals surface area contributed by atoms with Crippen molar-refractivity contribution < 1.29 is 0 Å². The molecule has 2 aromatic rings. The predicted molar refractivity (Wildman–Crippen MR) is 59.4 cm³/mol. The van der Waals surface area contributed by atoms with Gasteiger partial charge in [0.15, 0.2) is 5.65 Å². The Labute approximate surface area is 88.3 Å². The first-order valence-corrected chi connectivity index (χ1v) is 4.85. The second-order valence-corrected chi connectivity index (χ2v) is 4.68. The van der Waals surface area contributed by atoms with Crippen molar-refractivity contribution in [1.82, 2.24) is 19.7 Å². The zero-order chi connectivity index (χ0) is 11.2. The first kappa shape index (κ1) is 9.89. The standard InChI is InChI=1S/C10H15N5/c1-10(2,3)7-6-8(11)12-5-13-9(6)15(4)14-7/h5H,1-4H3,(H2,11,12,13). The van der Waals surface area contributed by atoms with Crippen LogP contribution in [-0.4, -0.2) is 19.7 Å². The van der Waals surface area contributed by atoms with Crippen LogP contribution in [-0.2, 0) is 12.5 Å². The Hall–Kier alpha value is -1.65. The molecule has 0 aliphatic rings. The molecule has 5 heteroatoms. The third kappa shape index (κ3) is 1.44. The van der Waals surface area contributed by atoms with Crippen LogP contribution in [0.5, 0.6) is 0 Å². The van der Waals surface area contributed by atoms with Crippen LogP contribution in [0.3, 0.4) is 0 Å². The minimum Gasteiger partial charge on any atom is -0.383 e. The van der Waals surface area contributed by atoms with Crippen LogP contribution in [0.1, 0.15) is 26.5 Å². The number of nitrogen functional groups attached to an aromatic ring is 1. The highest BCUT2D eigenvalue weighted by molar-refractivity contribution is 5.88. The maximum Gasteiger partial charge on any atom is 0.163 e. The van der Waals surface area contributed by atoms with E-state index in [1.165, 1.54) is 6.33 Å². The molecule has 0 saturated carbocycles. The molecule has 2 heterocycles. The monoisotopic (exact) mass is 205 g/mol. The molecular weight excluding hydrogens is 190 g/mol. The molecule has 0 bridgehead atoms. The topological polar surface area (TPSA) is 69.6 Å². The van der Waals surface area contributed by atoms with Gasteiger partial charge in [-0.1, -0.05) is 20.8 Å². The van der Waals surface area contributed by atoms with Gasteiger partial charge in [0.05, 0.1) is 11.1 Å². The Kier molecular flexibility index (Phi) is 1.92. The second kappa shape index (κ2) is 2.92. The second-order valence-electron chi connectivity index (χ2n) is 4.68. The van der Waals surface area contributed by atoms with Gasteiger partial charge in [0.2, 0.25) is 0 Å². The molecule has 2 rings (SSSR count). The highest BCUT2D eigenvalue weighted by Crippen LogP contribution is 2.30. The van der Waals surface area contributed by atoms with Crippen LogP contribution in [0.2, 0.25) is 0 Å². The van der Waals surface area contributed by atoms with Crippen molar-refractivity contribution in [2.24, 2.45) is 7.05 Å². The van der Waals surface area contributed by atoms with Crippen molar-refractivity contribution in [3.63, 3.8) is 0 Å². The van der Waals surface area contributed by atoms with Crippen molar-refractivity contribution in [2.75, 3.05) is 5.73 Å². The van der Waals surface area contributed by atoms with E-state index >= 15 is 0 Å². The van der Waals surface area contributed by atoms with Crippen LogP contribution < -0.4 is 5.73 Å². The third-order valence-corrected chi connectivity index (χ3v) is 2.36. The number of hydrogen-bond acceptors (Lipinski definition) is 4. The normalized spacial score (nSPS) is 12.3. The lowest BCUT2D eigenvalue weighted by atomic mass is 9.90. The number of aromatic nitrogens is 4. The minimum atomic E-state index is -0.0572. The summed E-state index contributed by atoms with van der Waals surface area (Å²) in [6, 6.07) is 0. The lowest BCUT2D eigenvalue weighted by Crippen LogP contribution is -2.13. The first-order valence-electron chi connectivity index (χ1n) is 4.85. The lowest BCUT2D eigenvalue weighted by Gasteiger charge is -2.15. The van der Waals surface area contributed by atoms with Crippen LogP contribution in [0.25, 0.3) is 11.0 Å². The molecule has 0 atom stereocenters. The summed E-state index contributed by atoms with van der Waals surface area (Å²) in [5, 5.41) is 5.32. The fraction of sp³-hybridized carbons (Fsp3) is 0.500. The molecule has 5 nitrogen and oxygen atoms in total. The van der Waals surface area contributed by atoms with Crippen LogP contribution in [0.4, 0.5) is 5.82 Å². The first-order chi connectivity index (χ1) is 6.91. The van der Waals surface area contributed by atoms with Gasteiger partial charge < -0.3 is 5.73 Å². The lowest BCUT2D eigenvalue weighted by molar-refractivity contribution is 0.558. The Morgan fingerprint density at radius 3 is 2.53 bits per heavy atom. The third-order valence-electron chi connectivity index (χ3n) is 2.36. The molecule has 15 heavy (non-hydrogen) atoms. The predicted octanol–water partition coefficient (Wildman–Crippen LogP) is 1.24. The van der Waals surface area contributed by atoms with E-state index < -0.39 is 0 Å². The largest absolute Gasteiger partial charge is 0.383 e. The average molecular weight is 205 g/mol. The van der Waals surface area contributed by atoms with Gasteiger partial charge in [-0.25, -0.2) is 14.6 Å². The van der Waals surface area contributed by atoms with Gasteiger partial charge in [-0.3, -0.25) is 0 Å². The molecule has 0 amide bonds. The van der Waals surface area contributed by atoms with Gasteiger partial charge in [0, 0.05) is 12.5 Å². The molecule has 0 aromatic carbocycles. The Morgan fingerprint density at radius 2 is 1.93 bits per heavy atom. The van der Waals surface area contributed by atoms with Crippen LogP contribution >= 0.6 is 0 Å². The van der Waals surface area contributed by atoms with Gasteiger partial charge in [0.25, 0.3) is 0 Å². The summed E-state index contributed by atoms with van der Waals surface area (Å²) in [5.41, 5.74) is 7.53. The zero-order valence-electron chi connectivity index (χ0n) is 9.44. The number of aryl methyl sites for hydroxylation is 1. The van der Waals surface area contributed by atoms with Gasteiger partial charge in [-0.2, -0.15) is 5.10 Å². The quantitative estimate of drug-likeness (QED) is 0.702. The van der Waals surface area contributed by atoms with Crippen LogP contribution in [0.15, 0.2) is 6.33 Å². The number of fused-ring (bicyclic) bond motifs is 1. The Bertz CT molecular complexity index is 506. The molecule has 0 aliphatic heterocycles. The fourth-order valence-corrected chi connectivity index (χ4v) is 1.63. The molecule has 2 aromatic heterocycles. The van der Waals surface area contributed by atoms with E-state index in [2.05, 4.69) is 35.8 Å². The average Bonchev–Trinajstić information content (AvgIpc) is 2.45. The highest BCUT2D eigenvalue weighted by Gasteiger charge is 2.24. The van der Waals surface area contributed by atoms with Gasteiger partial charge in [0.1, 0.15) is 12.1 Å². The summed E-state index contributed by atoms with van der Waals surface area (Å²) in [4.78, 5) is 8.19. The fourth-order valence-electron chi connectivity index (χ4n) is 1.63. The van der Waals surface area contributed by atoms with E-state index in [4.69, 9.17) is 5.73 Å². The minimum absolute atomic E-state index is 0.0572. The summed E-state index contributed by atoms with van der Waals surface area (Å²) in [7, 11) is 1.87. The molecule has 0 unspecified atom stereocenters. The van der Waals surface area contributed by atoms with Gasteiger partial charge >= 0.3 is 0 Å². The van der Waals surface area contributed by atoms with Crippen molar-refractivity contribution in [1.29, 1.82) is 0 Å². The number of anilines is 1. The number of nitrogens with zero attached hydrogens (tertiary/aromatic N) is 4. The summed E-state index contributed by atoms with van der Waals surface area (Å²) in [5.74, 6) is 0.498. The van der Waals surface area contributed by atoms with Crippen molar-refractivity contribution in [2.45, 2.75) is 26.2 Å². The molecule has 0 aliphatic carbocycles. The number of rotatable bonds is 0. The summed E-state index contributed by atoms with van der Waals surface area (Å²) in [6.45, 7) is 6.30. The molecule has 2 N–H and O–H groups in total. The maximum atomic E-state index is 5.86. The van der Waals surface area contributed by atoms with Crippen molar-refractivity contribution in [3.05, 3.63) is 12.0 Å².